The summed E-state index contributed by atoms with van der Waals surface area (Å²) >= 11 is 8.83. The van der Waals surface area contributed by atoms with Crippen molar-refractivity contribution in [2.45, 2.75) is 71.9 Å². The number of aromatic nitrogens is 1. The van der Waals surface area contributed by atoms with E-state index in [-0.39, 0.29) is 19.8 Å². The maximum atomic E-state index is 12.2. The number of aliphatic carboxylic acids is 1. The van der Waals surface area contributed by atoms with E-state index >= 15 is 0 Å². The highest BCUT2D eigenvalue weighted by Gasteiger charge is 2.39. The first-order valence-electron chi connectivity index (χ1n) is 18.3. The molecule has 5 rings (SSSR count). The highest BCUT2D eigenvalue weighted by Crippen LogP contribution is 2.37. The molecule has 2 heterocycles. The number of likely N-dealkylation sites (N-methyl/N-ethyl adjacent to an activating group) is 1. The molecule has 3 aromatic carbocycles. The standard InChI is InChI=1S/C42H48ClIN4O7/c1-5-48(42(4,27-49)41(50)51)23-33-18-37(43)40(19-39(33)53-25-31-17-30(20-45)21-46-22-31)54-26-32-9-6-10-35(28(32)2)36-11-7-12-38(29(36)3)52-16-8-14-47-15-13-34(24-47)55-44/h6-7,9-12,17-19,21-22,34,49H,5,8,13-16,23-27H2,1-4H3,(H,50,51)/t34-,42+/m1/s1. The molecule has 11 nitrogen and oxygen atoms in total. The number of rotatable bonds is 19. The SMILES string of the molecule is CCN(Cc1cc(Cl)c(OCc2cccc(-c3cccc(OCCCN4CC[C@@H](OI)C4)c3C)c2C)cc1OCc1cncc(C#N)c1)[C@@](C)(CO)C(=O)O. The van der Waals surface area contributed by atoms with Crippen molar-refractivity contribution in [1.29, 1.82) is 5.26 Å². The Kier molecular flexibility index (Phi) is 15.1. The fraction of sp³-hybridized carbons (Fsp3) is 0.405. The van der Waals surface area contributed by atoms with Crippen LogP contribution in [0, 0.1) is 25.2 Å². The van der Waals surface area contributed by atoms with Crippen molar-refractivity contribution in [1.82, 2.24) is 14.8 Å². The average Bonchev–Trinajstić information content (AvgIpc) is 3.66. The quantitative estimate of drug-likeness (QED) is 0.0702. The van der Waals surface area contributed by atoms with E-state index in [9.17, 15) is 20.3 Å². The molecule has 1 fully saturated rings. The molecule has 0 saturated carbocycles. The third-order valence-electron chi connectivity index (χ3n) is 10.3. The number of ether oxygens (including phenoxy) is 3. The fourth-order valence-corrected chi connectivity index (χ4v) is 7.43. The minimum atomic E-state index is -1.53. The summed E-state index contributed by atoms with van der Waals surface area (Å²) in [6, 6.07) is 19.5. The molecule has 292 valence electrons. The van der Waals surface area contributed by atoms with Gasteiger partial charge in [-0.05, 0) is 86.2 Å². The molecule has 0 bridgehead atoms. The predicted octanol–water partition coefficient (Wildman–Crippen LogP) is 7.92. The number of aliphatic hydroxyl groups excluding tert-OH is 1. The molecule has 1 saturated heterocycles. The number of carbonyl (C=O) groups is 1. The van der Waals surface area contributed by atoms with Gasteiger partial charge in [0.1, 0.15) is 65.1 Å². The maximum Gasteiger partial charge on any atom is 0.326 e. The zero-order valence-corrected chi connectivity index (χ0v) is 34.6. The van der Waals surface area contributed by atoms with Crippen LogP contribution in [0.2, 0.25) is 5.02 Å². The number of hydrogen-bond donors (Lipinski definition) is 2. The van der Waals surface area contributed by atoms with E-state index < -0.39 is 18.1 Å². The highest BCUT2D eigenvalue weighted by atomic mass is 127. The molecule has 55 heavy (non-hydrogen) atoms. The molecule has 1 aliphatic rings. The van der Waals surface area contributed by atoms with Crippen molar-refractivity contribution in [2.75, 3.05) is 39.4 Å². The molecule has 4 aromatic rings. The number of aliphatic hydroxyl groups is 1. The Morgan fingerprint density at radius 2 is 1.78 bits per heavy atom. The highest BCUT2D eigenvalue weighted by molar-refractivity contribution is 14.1. The van der Waals surface area contributed by atoms with Gasteiger partial charge in [-0.2, -0.15) is 5.26 Å². The van der Waals surface area contributed by atoms with Crippen LogP contribution in [0.5, 0.6) is 17.2 Å². The second-order valence-corrected chi connectivity index (χ2v) is 14.8. The summed E-state index contributed by atoms with van der Waals surface area (Å²) in [7, 11) is 0. The van der Waals surface area contributed by atoms with Gasteiger partial charge in [-0.15, -0.1) is 0 Å². The summed E-state index contributed by atoms with van der Waals surface area (Å²) in [6.07, 6.45) is 5.41. The van der Waals surface area contributed by atoms with Gasteiger partial charge in [0, 0.05) is 55.8 Å². The van der Waals surface area contributed by atoms with E-state index in [1.807, 2.05) is 54.2 Å². The summed E-state index contributed by atoms with van der Waals surface area (Å²) in [5, 5.41) is 29.7. The normalized spacial score (nSPS) is 15.4. The molecule has 0 amide bonds. The Morgan fingerprint density at radius 1 is 1.04 bits per heavy atom. The molecule has 1 aromatic heterocycles. The molecule has 0 radical (unpaired) electrons. The van der Waals surface area contributed by atoms with E-state index in [1.54, 1.807) is 29.3 Å². The number of pyridine rings is 1. The van der Waals surface area contributed by atoms with Crippen LogP contribution in [0.1, 0.15) is 60.1 Å². The van der Waals surface area contributed by atoms with Gasteiger partial charge >= 0.3 is 5.97 Å². The van der Waals surface area contributed by atoms with Crippen molar-refractivity contribution < 1.29 is 32.3 Å². The van der Waals surface area contributed by atoms with Crippen molar-refractivity contribution in [3.63, 3.8) is 0 Å². The lowest BCUT2D eigenvalue weighted by Gasteiger charge is -2.36. The first kappa shape index (κ1) is 42.2. The number of carboxylic acids is 1. The Bertz CT molecular complexity index is 1990. The summed E-state index contributed by atoms with van der Waals surface area (Å²) in [4.78, 5) is 20.4. The number of hydrogen-bond acceptors (Lipinski definition) is 10. The molecule has 2 N–H and O–H groups in total. The van der Waals surface area contributed by atoms with Crippen LogP contribution in [-0.2, 0) is 27.6 Å². The molecule has 13 heteroatoms. The summed E-state index contributed by atoms with van der Waals surface area (Å²) < 4.78 is 24.4. The van der Waals surface area contributed by atoms with Gasteiger partial charge in [-0.1, -0.05) is 48.9 Å². The zero-order chi connectivity index (χ0) is 39.5. The molecule has 2 atom stereocenters. The van der Waals surface area contributed by atoms with Gasteiger partial charge in [0.15, 0.2) is 0 Å². The Labute approximate surface area is 342 Å². The van der Waals surface area contributed by atoms with E-state index in [0.717, 1.165) is 66.0 Å². The van der Waals surface area contributed by atoms with Gasteiger partial charge < -0.3 is 32.4 Å². The number of likely N-dealkylation sites (tertiary alicyclic amines) is 1. The van der Waals surface area contributed by atoms with Crippen LogP contribution in [0.25, 0.3) is 11.1 Å². The van der Waals surface area contributed by atoms with Gasteiger partial charge in [0.05, 0.1) is 29.9 Å². The van der Waals surface area contributed by atoms with Gasteiger partial charge in [0.2, 0.25) is 0 Å². The molecular weight excluding hydrogens is 835 g/mol. The molecule has 1 aliphatic heterocycles. The predicted molar refractivity (Wildman–Crippen MR) is 220 cm³/mol. The van der Waals surface area contributed by atoms with Crippen LogP contribution in [0.3, 0.4) is 0 Å². The second-order valence-electron chi connectivity index (χ2n) is 13.9. The molecule has 0 spiro atoms. The van der Waals surface area contributed by atoms with Gasteiger partial charge in [-0.25, -0.2) is 0 Å². The van der Waals surface area contributed by atoms with Gasteiger partial charge in [0.25, 0.3) is 0 Å². The minimum Gasteiger partial charge on any atom is -0.493 e. The average molecular weight is 883 g/mol. The first-order valence-corrected chi connectivity index (χ1v) is 19.6. The van der Waals surface area contributed by atoms with E-state index in [1.165, 1.54) is 13.1 Å². The van der Waals surface area contributed by atoms with Crippen LogP contribution in [-0.4, -0.2) is 82.0 Å². The number of nitriles is 1. The topological polar surface area (TPSA) is 138 Å². The van der Waals surface area contributed by atoms with Crippen LogP contribution >= 0.6 is 34.6 Å². The summed E-state index contributed by atoms with van der Waals surface area (Å²) in [6.45, 7) is 11.3. The number of halogens is 2. The Hall–Kier alpha value is -3.97. The maximum absolute atomic E-state index is 12.2. The number of benzene rings is 3. The van der Waals surface area contributed by atoms with E-state index in [4.69, 9.17) is 28.9 Å². The van der Waals surface area contributed by atoms with E-state index in [0.29, 0.717) is 52.5 Å². The first-order chi connectivity index (χ1) is 26.5. The smallest absolute Gasteiger partial charge is 0.326 e. The van der Waals surface area contributed by atoms with Gasteiger partial charge in [-0.3, -0.25) is 14.7 Å². The van der Waals surface area contributed by atoms with Crippen LogP contribution in [0.4, 0.5) is 0 Å². The lowest BCUT2D eigenvalue weighted by molar-refractivity contribution is -0.153. The number of carboxylic acid groups (broad SMARTS) is 1. The minimum absolute atomic E-state index is 0.0925. The lowest BCUT2D eigenvalue weighted by atomic mass is 9.93. The Morgan fingerprint density at radius 3 is 2.47 bits per heavy atom. The summed E-state index contributed by atoms with van der Waals surface area (Å²) in [5.41, 5.74) is 5.43. The molecule has 0 aliphatic carbocycles. The van der Waals surface area contributed by atoms with Crippen molar-refractivity contribution >= 4 is 40.6 Å². The number of nitrogens with zero attached hydrogens (tertiary/aromatic N) is 4. The monoisotopic (exact) mass is 882 g/mol. The second kappa shape index (κ2) is 19.8. The van der Waals surface area contributed by atoms with Crippen LogP contribution in [0.15, 0.2) is 67.0 Å². The molecular formula is C42H48ClIN4O7. The third kappa shape index (κ3) is 10.5. The van der Waals surface area contributed by atoms with Crippen molar-refractivity contribution in [3.8, 4) is 34.4 Å². The zero-order valence-electron chi connectivity index (χ0n) is 31.7. The largest absolute Gasteiger partial charge is 0.493 e. The third-order valence-corrected chi connectivity index (χ3v) is 11.3. The molecule has 0 unspecified atom stereocenters. The van der Waals surface area contributed by atoms with E-state index in [2.05, 4.69) is 41.9 Å². The fourth-order valence-electron chi connectivity index (χ4n) is 6.77. The summed E-state index contributed by atoms with van der Waals surface area (Å²) in [5.74, 6) is 0.527. The Balaban J connectivity index is 1.34. The van der Waals surface area contributed by atoms with Crippen molar-refractivity contribution in [3.05, 3.63) is 105 Å². The van der Waals surface area contributed by atoms with Crippen LogP contribution < -0.4 is 14.2 Å². The van der Waals surface area contributed by atoms with Crippen molar-refractivity contribution in [2.24, 2.45) is 0 Å². The lowest BCUT2D eigenvalue weighted by Crippen LogP contribution is -2.54.